The number of amides is 2. The molecule has 0 saturated carbocycles. The molecule has 1 atom stereocenters. The highest BCUT2D eigenvalue weighted by Crippen LogP contribution is 2.49. The van der Waals surface area contributed by atoms with E-state index >= 15 is 0 Å². The highest BCUT2D eigenvalue weighted by Gasteiger charge is 2.38. The Morgan fingerprint density at radius 3 is 2.55 bits per heavy atom. The van der Waals surface area contributed by atoms with Crippen molar-refractivity contribution in [3.05, 3.63) is 82.6 Å². The first kappa shape index (κ1) is 26.0. The molecule has 0 radical (unpaired) electrons. The summed E-state index contributed by atoms with van der Waals surface area (Å²) in [5, 5.41) is 9.84. The zero-order valence-electron chi connectivity index (χ0n) is 21.1. The van der Waals surface area contributed by atoms with Crippen molar-refractivity contribution in [2.75, 3.05) is 44.6 Å². The largest absolute Gasteiger partial charge is 0.497 e. The van der Waals surface area contributed by atoms with Gasteiger partial charge in [0.15, 0.2) is 0 Å². The summed E-state index contributed by atoms with van der Waals surface area (Å²) >= 11 is 3.21. The van der Waals surface area contributed by atoms with Crippen molar-refractivity contribution in [1.82, 2.24) is 15.1 Å². The number of thioether (sulfide) groups is 1. The number of carbonyl (C=O) groups excluding carboxylic acids is 2. The monoisotopic (exact) mass is 548 g/mol. The van der Waals surface area contributed by atoms with Crippen LogP contribution in [0.4, 0.5) is 5.82 Å². The van der Waals surface area contributed by atoms with Crippen molar-refractivity contribution < 1.29 is 19.1 Å². The lowest BCUT2D eigenvalue weighted by Gasteiger charge is -2.23. The van der Waals surface area contributed by atoms with Crippen LogP contribution in [0.25, 0.3) is 16.9 Å². The smallest absolute Gasteiger partial charge is 0.240 e. The molecule has 0 fully saturated rings. The molecule has 38 heavy (non-hydrogen) atoms. The lowest BCUT2D eigenvalue weighted by molar-refractivity contribution is -0.123. The highest BCUT2D eigenvalue weighted by atomic mass is 32.2. The van der Waals surface area contributed by atoms with Gasteiger partial charge in [-0.25, -0.2) is 4.68 Å². The Morgan fingerprint density at radius 1 is 1.08 bits per heavy atom. The number of nitrogens with zero attached hydrogens (tertiary/aromatic N) is 3. The molecule has 5 rings (SSSR count). The van der Waals surface area contributed by atoms with Crippen LogP contribution in [0.1, 0.15) is 15.7 Å². The molecule has 1 unspecified atom stereocenters. The Labute approximate surface area is 229 Å². The zero-order chi connectivity index (χ0) is 26.5. The van der Waals surface area contributed by atoms with Gasteiger partial charge in [-0.05, 0) is 35.7 Å². The summed E-state index contributed by atoms with van der Waals surface area (Å²) in [6.45, 7) is 0.635. The molecule has 10 heteroatoms. The maximum atomic E-state index is 13.6. The molecule has 2 amide bonds. The van der Waals surface area contributed by atoms with E-state index in [1.807, 2.05) is 66.0 Å². The summed E-state index contributed by atoms with van der Waals surface area (Å²) in [7, 11) is 3.20. The second-order valence-corrected chi connectivity index (χ2v) is 10.7. The van der Waals surface area contributed by atoms with E-state index in [0.29, 0.717) is 24.7 Å². The minimum Gasteiger partial charge on any atom is -0.497 e. The fourth-order valence-corrected chi connectivity index (χ4v) is 6.56. The summed E-state index contributed by atoms with van der Waals surface area (Å²) in [6, 6.07) is 21.6. The minimum atomic E-state index is -0.260. The van der Waals surface area contributed by atoms with Gasteiger partial charge in [0.25, 0.3) is 0 Å². The van der Waals surface area contributed by atoms with Gasteiger partial charge in [-0.3, -0.25) is 14.5 Å². The number of fused-ring (bicyclic) bond motifs is 1. The Kier molecular flexibility index (Phi) is 8.11. The molecule has 0 bridgehead atoms. The fraction of sp³-hybridized carbons (Fsp3) is 0.250. The molecule has 8 nitrogen and oxygen atoms in total. The number of methoxy groups -OCH3 is 2. The predicted molar refractivity (Wildman–Crippen MR) is 151 cm³/mol. The van der Waals surface area contributed by atoms with Crippen LogP contribution < -0.4 is 15.0 Å². The molecular formula is C28H28N4O4S2. The van der Waals surface area contributed by atoms with E-state index in [1.165, 1.54) is 0 Å². The average molecular weight is 549 g/mol. The third-order valence-electron chi connectivity index (χ3n) is 6.18. The minimum absolute atomic E-state index is 0.122. The van der Waals surface area contributed by atoms with Crippen molar-refractivity contribution in [1.29, 1.82) is 0 Å². The lowest BCUT2D eigenvalue weighted by Crippen LogP contribution is -2.43. The SMILES string of the molecule is COCCNC(=O)CN1C(=O)CSC(c2cccs2)c2c(-c3ccccc3)nn(-c3ccc(OC)cc3)c21. The normalized spacial score (nSPS) is 15.2. The first-order chi connectivity index (χ1) is 18.6. The number of hydrogen-bond donors (Lipinski definition) is 1. The maximum absolute atomic E-state index is 13.6. The van der Waals surface area contributed by atoms with E-state index in [1.54, 1.807) is 46.9 Å². The zero-order valence-corrected chi connectivity index (χ0v) is 22.8. The van der Waals surface area contributed by atoms with Gasteiger partial charge in [0.05, 0.1) is 36.1 Å². The Bertz CT molecular complexity index is 1390. The molecule has 1 N–H and O–H groups in total. The predicted octanol–water partition coefficient (Wildman–Crippen LogP) is 4.54. The van der Waals surface area contributed by atoms with Crippen molar-refractivity contribution >= 4 is 40.7 Å². The van der Waals surface area contributed by atoms with Crippen LogP contribution in [0.15, 0.2) is 72.1 Å². The molecule has 196 valence electrons. The first-order valence-electron chi connectivity index (χ1n) is 12.1. The molecule has 4 aromatic rings. The molecule has 1 aliphatic rings. The van der Waals surface area contributed by atoms with Crippen molar-refractivity contribution in [2.45, 2.75) is 5.25 Å². The summed E-state index contributed by atoms with van der Waals surface area (Å²) in [6.07, 6.45) is 0. The van der Waals surface area contributed by atoms with E-state index in [0.717, 1.165) is 27.4 Å². The van der Waals surface area contributed by atoms with Crippen molar-refractivity contribution in [3.63, 3.8) is 0 Å². The van der Waals surface area contributed by atoms with Crippen LogP contribution >= 0.6 is 23.1 Å². The summed E-state index contributed by atoms with van der Waals surface area (Å²) < 4.78 is 12.2. The number of aromatic nitrogens is 2. The quantitative estimate of drug-likeness (QED) is 0.309. The number of hydrogen-bond acceptors (Lipinski definition) is 7. The lowest BCUT2D eigenvalue weighted by atomic mass is 10.0. The van der Waals surface area contributed by atoms with E-state index in [4.69, 9.17) is 14.6 Å². The van der Waals surface area contributed by atoms with Gasteiger partial charge >= 0.3 is 0 Å². The number of carbonyl (C=O) groups is 2. The summed E-state index contributed by atoms with van der Waals surface area (Å²) in [4.78, 5) is 29.3. The second-order valence-electron chi connectivity index (χ2n) is 8.59. The van der Waals surface area contributed by atoms with E-state index in [-0.39, 0.29) is 29.4 Å². The molecule has 0 saturated heterocycles. The first-order valence-corrected chi connectivity index (χ1v) is 14.1. The molecule has 3 heterocycles. The van der Waals surface area contributed by atoms with Crippen LogP contribution in [-0.2, 0) is 14.3 Å². The van der Waals surface area contributed by atoms with Gasteiger partial charge in [-0.2, -0.15) is 5.10 Å². The molecule has 0 spiro atoms. The number of anilines is 1. The Morgan fingerprint density at radius 2 is 1.87 bits per heavy atom. The molecular weight excluding hydrogens is 520 g/mol. The van der Waals surface area contributed by atoms with Crippen LogP contribution in [0.2, 0.25) is 0 Å². The van der Waals surface area contributed by atoms with E-state index < -0.39 is 0 Å². The topological polar surface area (TPSA) is 85.7 Å². The third-order valence-corrected chi connectivity index (χ3v) is 8.51. The summed E-state index contributed by atoms with van der Waals surface area (Å²) in [5.74, 6) is 1.15. The van der Waals surface area contributed by atoms with Crippen LogP contribution in [0, 0.1) is 0 Å². The number of benzene rings is 2. The fourth-order valence-electron chi connectivity index (χ4n) is 4.39. The van der Waals surface area contributed by atoms with Gasteiger partial charge in [0, 0.05) is 29.7 Å². The Balaban J connectivity index is 1.72. The standard InChI is InChI=1S/C28H28N4O4S2/c1-35-15-14-29-23(33)17-31-24(34)18-38-27(22-9-6-16-37-22)25-26(19-7-4-3-5-8-19)30-32(28(25)31)20-10-12-21(36-2)13-11-20/h3-13,16,27H,14-15,17-18H2,1-2H3,(H,29,33). The second kappa shape index (κ2) is 11.8. The van der Waals surface area contributed by atoms with Gasteiger partial charge < -0.3 is 14.8 Å². The highest BCUT2D eigenvalue weighted by molar-refractivity contribution is 8.00. The average Bonchev–Trinajstić information content (AvgIpc) is 3.59. The van der Waals surface area contributed by atoms with Gasteiger partial charge in [0.1, 0.15) is 18.1 Å². The molecule has 2 aromatic heterocycles. The van der Waals surface area contributed by atoms with Crippen molar-refractivity contribution in [3.8, 4) is 22.7 Å². The van der Waals surface area contributed by atoms with E-state index in [9.17, 15) is 9.59 Å². The molecule has 1 aliphatic heterocycles. The van der Waals surface area contributed by atoms with Crippen LogP contribution in [0.3, 0.4) is 0 Å². The number of thiophene rings is 1. The van der Waals surface area contributed by atoms with Crippen LogP contribution in [-0.4, -0.2) is 61.3 Å². The molecule has 0 aliphatic carbocycles. The molecule has 2 aromatic carbocycles. The number of nitrogens with one attached hydrogen (secondary N) is 1. The van der Waals surface area contributed by atoms with Gasteiger partial charge in [0.2, 0.25) is 11.8 Å². The van der Waals surface area contributed by atoms with Crippen LogP contribution in [0.5, 0.6) is 5.75 Å². The summed E-state index contributed by atoms with van der Waals surface area (Å²) in [5.41, 5.74) is 3.40. The van der Waals surface area contributed by atoms with E-state index in [2.05, 4.69) is 11.4 Å². The van der Waals surface area contributed by atoms with Crippen molar-refractivity contribution in [2.24, 2.45) is 0 Å². The third kappa shape index (κ3) is 5.33. The number of ether oxygens (including phenoxy) is 2. The van der Waals surface area contributed by atoms with Gasteiger partial charge in [-0.1, -0.05) is 36.4 Å². The maximum Gasteiger partial charge on any atom is 0.240 e. The Hall–Kier alpha value is -3.60. The number of rotatable bonds is 9. The van der Waals surface area contributed by atoms with Gasteiger partial charge in [-0.15, -0.1) is 23.1 Å².